The highest BCUT2D eigenvalue weighted by molar-refractivity contribution is 5.89. The lowest BCUT2D eigenvalue weighted by atomic mass is 10.1. The molecule has 0 bridgehead atoms. The van der Waals surface area contributed by atoms with Crippen LogP contribution in [-0.4, -0.2) is 17.7 Å². The van der Waals surface area contributed by atoms with Gasteiger partial charge in [0.25, 0.3) is 0 Å². The Bertz CT molecular complexity index is 427. The van der Waals surface area contributed by atoms with Gasteiger partial charge in [0.1, 0.15) is 5.82 Å². The number of carboxylic acid groups (broad SMARTS) is 1. The van der Waals surface area contributed by atoms with Gasteiger partial charge in [-0.05, 0) is 37.1 Å². The highest BCUT2D eigenvalue weighted by atomic mass is 19.1. The third-order valence-electron chi connectivity index (χ3n) is 2.23. The standard InChI is InChI=1S/C13H15FO3/c1-9(2)5-6-17-8-10-7-11(14)3-4-12(10)13(15)16/h3-4,7H,1,5-6,8H2,2H3,(H,15,16). The molecule has 0 spiro atoms. The Balaban J connectivity index is 2.65. The van der Waals surface area contributed by atoms with Gasteiger partial charge in [0.2, 0.25) is 0 Å². The second kappa shape index (κ2) is 6.15. The highest BCUT2D eigenvalue weighted by Crippen LogP contribution is 2.13. The average Bonchev–Trinajstić information content (AvgIpc) is 2.23. The number of carboxylic acids is 1. The lowest BCUT2D eigenvalue weighted by Gasteiger charge is -2.07. The first-order chi connectivity index (χ1) is 8.00. The zero-order valence-corrected chi connectivity index (χ0v) is 9.70. The van der Waals surface area contributed by atoms with Crippen LogP contribution in [0.3, 0.4) is 0 Å². The number of ether oxygens (including phenoxy) is 1. The Labute approximate surface area is 99.5 Å². The van der Waals surface area contributed by atoms with E-state index < -0.39 is 11.8 Å². The maximum Gasteiger partial charge on any atom is 0.336 e. The van der Waals surface area contributed by atoms with E-state index in [0.717, 1.165) is 11.6 Å². The van der Waals surface area contributed by atoms with E-state index in [2.05, 4.69) is 6.58 Å². The monoisotopic (exact) mass is 238 g/mol. The molecule has 1 N–H and O–H groups in total. The van der Waals surface area contributed by atoms with Gasteiger partial charge in [-0.1, -0.05) is 5.57 Å². The van der Waals surface area contributed by atoms with E-state index >= 15 is 0 Å². The smallest absolute Gasteiger partial charge is 0.336 e. The summed E-state index contributed by atoms with van der Waals surface area (Å²) in [6.45, 7) is 6.15. The minimum atomic E-state index is -1.08. The molecule has 0 fully saturated rings. The van der Waals surface area contributed by atoms with Gasteiger partial charge in [-0.15, -0.1) is 6.58 Å². The lowest BCUT2D eigenvalue weighted by molar-refractivity contribution is 0.0687. The fraction of sp³-hybridized carbons (Fsp3) is 0.308. The number of hydrogen-bond donors (Lipinski definition) is 1. The van der Waals surface area contributed by atoms with Crippen molar-refractivity contribution in [3.8, 4) is 0 Å². The van der Waals surface area contributed by atoms with Crippen LogP contribution in [0.5, 0.6) is 0 Å². The van der Waals surface area contributed by atoms with Crippen LogP contribution in [0, 0.1) is 5.82 Å². The van der Waals surface area contributed by atoms with Crippen LogP contribution in [0.2, 0.25) is 0 Å². The fourth-order valence-corrected chi connectivity index (χ4v) is 1.32. The van der Waals surface area contributed by atoms with Gasteiger partial charge < -0.3 is 9.84 Å². The normalized spacial score (nSPS) is 10.2. The summed E-state index contributed by atoms with van der Waals surface area (Å²) in [5.74, 6) is -1.54. The molecule has 0 aromatic heterocycles. The zero-order valence-electron chi connectivity index (χ0n) is 9.70. The minimum Gasteiger partial charge on any atom is -0.478 e. The Morgan fingerprint density at radius 1 is 1.53 bits per heavy atom. The summed E-state index contributed by atoms with van der Waals surface area (Å²) in [7, 11) is 0. The molecule has 0 saturated carbocycles. The van der Waals surface area contributed by atoms with E-state index in [9.17, 15) is 9.18 Å². The molecule has 0 saturated heterocycles. The SMILES string of the molecule is C=C(C)CCOCc1cc(F)ccc1C(=O)O. The minimum absolute atomic E-state index is 0.0710. The molecule has 0 unspecified atom stereocenters. The second-order valence-corrected chi connectivity index (χ2v) is 3.87. The first-order valence-electron chi connectivity index (χ1n) is 5.24. The Morgan fingerprint density at radius 3 is 2.82 bits per heavy atom. The van der Waals surface area contributed by atoms with Gasteiger partial charge in [0.05, 0.1) is 18.8 Å². The quantitative estimate of drug-likeness (QED) is 0.612. The number of halogens is 1. The van der Waals surface area contributed by atoms with Crippen molar-refractivity contribution < 1.29 is 19.0 Å². The van der Waals surface area contributed by atoms with Gasteiger partial charge in [0.15, 0.2) is 0 Å². The van der Waals surface area contributed by atoms with Crippen molar-refractivity contribution in [1.29, 1.82) is 0 Å². The van der Waals surface area contributed by atoms with E-state index in [4.69, 9.17) is 9.84 Å². The van der Waals surface area contributed by atoms with Crippen molar-refractivity contribution in [3.63, 3.8) is 0 Å². The summed E-state index contributed by atoms with van der Waals surface area (Å²) >= 11 is 0. The van der Waals surface area contributed by atoms with Crippen molar-refractivity contribution >= 4 is 5.97 Å². The highest BCUT2D eigenvalue weighted by Gasteiger charge is 2.10. The van der Waals surface area contributed by atoms with Crippen molar-refractivity contribution in [2.24, 2.45) is 0 Å². The third kappa shape index (κ3) is 4.36. The van der Waals surface area contributed by atoms with Gasteiger partial charge >= 0.3 is 5.97 Å². The lowest BCUT2D eigenvalue weighted by Crippen LogP contribution is -2.05. The first kappa shape index (κ1) is 13.4. The van der Waals surface area contributed by atoms with Crippen LogP contribution >= 0.6 is 0 Å². The second-order valence-electron chi connectivity index (χ2n) is 3.87. The Hall–Kier alpha value is -1.68. The Kier molecular flexibility index (Phi) is 4.84. The molecular formula is C13H15FO3. The third-order valence-corrected chi connectivity index (χ3v) is 2.23. The predicted octanol–water partition coefficient (Wildman–Crippen LogP) is 3.01. The van der Waals surface area contributed by atoms with Crippen LogP contribution in [0.15, 0.2) is 30.4 Å². The topological polar surface area (TPSA) is 46.5 Å². The molecule has 0 amide bonds. The van der Waals surface area contributed by atoms with E-state index in [1.54, 1.807) is 0 Å². The van der Waals surface area contributed by atoms with Crippen molar-refractivity contribution in [3.05, 3.63) is 47.3 Å². The van der Waals surface area contributed by atoms with E-state index in [1.807, 2.05) is 6.92 Å². The fourth-order valence-electron chi connectivity index (χ4n) is 1.32. The molecule has 0 aliphatic heterocycles. The molecule has 0 radical (unpaired) electrons. The molecule has 1 aromatic rings. The number of rotatable bonds is 6. The molecule has 0 aliphatic carbocycles. The van der Waals surface area contributed by atoms with Crippen LogP contribution in [0.1, 0.15) is 29.3 Å². The van der Waals surface area contributed by atoms with Crippen molar-refractivity contribution in [1.82, 2.24) is 0 Å². The van der Waals surface area contributed by atoms with E-state index in [-0.39, 0.29) is 12.2 Å². The van der Waals surface area contributed by atoms with Gasteiger partial charge in [-0.2, -0.15) is 0 Å². The molecule has 1 rings (SSSR count). The summed E-state index contributed by atoms with van der Waals surface area (Å²) in [4.78, 5) is 10.9. The van der Waals surface area contributed by atoms with Gasteiger partial charge in [0, 0.05) is 0 Å². The molecule has 3 nitrogen and oxygen atoms in total. The molecule has 4 heteroatoms. The molecule has 1 aromatic carbocycles. The first-order valence-corrected chi connectivity index (χ1v) is 5.24. The van der Waals surface area contributed by atoms with E-state index in [0.29, 0.717) is 18.6 Å². The van der Waals surface area contributed by atoms with Crippen LogP contribution in [-0.2, 0) is 11.3 Å². The summed E-state index contributed by atoms with van der Waals surface area (Å²) in [5, 5.41) is 8.91. The number of hydrogen-bond acceptors (Lipinski definition) is 2. The van der Waals surface area contributed by atoms with Crippen LogP contribution in [0.25, 0.3) is 0 Å². The molecule has 92 valence electrons. The maximum atomic E-state index is 13.0. The maximum absolute atomic E-state index is 13.0. The average molecular weight is 238 g/mol. The summed E-state index contributed by atoms with van der Waals surface area (Å²) in [5.41, 5.74) is 1.41. The summed E-state index contributed by atoms with van der Waals surface area (Å²) in [6, 6.07) is 3.56. The van der Waals surface area contributed by atoms with Crippen molar-refractivity contribution in [2.75, 3.05) is 6.61 Å². The van der Waals surface area contributed by atoms with Crippen LogP contribution < -0.4 is 0 Å². The predicted molar refractivity (Wildman–Crippen MR) is 62.4 cm³/mol. The Morgan fingerprint density at radius 2 is 2.24 bits per heavy atom. The largest absolute Gasteiger partial charge is 0.478 e. The van der Waals surface area contributed by atoms with E-state index in [1.165, 1.54) is 12.1 Å². The van der Waals surface area contributed by atoms with Gasteiger partial charge in [-0.25, -0.2) is 9.18 Å². The molecule has 17 heavy (non-hydrogen) atoms. The number of aromatic carboxylic acids is 1. The number of benzene rings is 1. The molecule has 0 aliphatic rings. The zero-order chi connectivity index (χ0) is 12.8. The summed E-state index contributed by atoms with van der Waals surface area (Å²) < 4.78 is 18.3. The molecular weight excluding hydrogens is 223 g/mol. The van der Waals surface area contributed by atoms with Gasteiger partial charge in [-0.3, -0.25) is 0 Å². The summed E-state index contributed by atoms with van der Waals surface area (Å²) in [6.07, 6.45) is 0.706. The van der Waals surface area contributed by atoms with Crippen LogP contribution in [0.4, 0.5) is 4.39 Å². The molecule has 0 atom stereocenters. The number of carbonyl (C=O) groups is 1. The van der Waals surface area contributed by atoms with Crippen molar-refractivity contribution in [2.45, 2.75) is 20.0 Å². The molecule has 0 heterocycles.